The Kier molecular flexibility index (Phi) is 4.47. The summed E-state index contributed by atoms with van der Waals surface area (Å²) in [4.78, 5) is 4.34. The summed E-state index contributed by atoms with van der Waals surface area (Å²) in [7, 11) is 0. The smallest absolute Gasteiger partial charge is 0.0416 e. The predicted octanol–water partition coefficient (Wildman–Crippen LogP) is 1.93. The van der Waals surface area contributed by atoms with Crippen LogP contribution in [0.2, 0.25) is 0 Å². The standard InChI is InChI=1S/C11H18N2/c1-2-3-4-10-5-6-11(7-8-12)13-9-10/h5-6,9H,2-4,7-8,12H2,1H3. The molecule has 0 saturated carbocycles. The molecule has 2 heteroatoms. The summed E-state index contributed by atoms with van der Waals surface area (Å²) < 4.78 is 0. The van der Waals surface area contributed by atoms with E-state index in [2.05, 4.69) is 24.0 Å². The van der Waals surface area contributed by atoms with Crippen LogP contribution in [-0.2, 0) is 12.8 Å². The van der Waals surface area contributed by atoms with E-state index in [-0.39, 0.29) is 0 Å². The molecule has 2 N–H and O–H groups in total. The number of nitrogens with zero attached hydrogens (tertiary/aromatic N) is 1. The van der Waals surface area contributed by atoms with Crippen LogP contribution in [0.4, 0.5) is 0 Å². The van der Waals surface area contributed by atoms with Gasteiger partial charge in [0.2, 0.25) is 0 Å². The number of rotatable bonds is 5. The first-order chi connectivity index (χ1) is 6.36. The Hall–Kier alpha value is -0.890. The van der Waals surface area contributed by atoms with Gasteiger partial charge in [-0.15, -0.1) is 0 Å². The Labute approximate surface area is 80.2 Å². The van der Waals surface area contributed by atoms with E-state index in [9.17, 15) is 0 Å². The van der Waals surface area contributed by atoms with Crippen molar-refractivity contribution >= 4 is 0 Å². The molecule has 0 fully saturated rings. The highest BCUT2D eigenvalue weighted by molar-refractivity contribution is 5.14. The molecule has 72 valence electrons. The third-order valence-corrected chi connectivity index (χ3v) is 2.11. The lowest BCUT2D eigenvalue weighted by Gasteiger charge is -2.01. The molecule has 1 rings (SSSR count). The highest BCUT2D eigenvalue weighted by Gasteiger charge is 1.94. The fraction of sp³-hybridized carbons (Fsp3) is 0.545. The van der Waals surface area contributed by atoms with Crippen molar-refractivity contribution in [3.05, 3.63) is 29.6 Å². The van der Waals surface area contributed by atoms with Gasteiger partial charge in [-0.25, -0.2) is 0 Å². The quantitative estimate of drug-likeness (QED) is 0.748. The Morgan fingerprint density at radius 1 is 1.31 bits per heavy atom. The normalized spacial score (nSPS) is 10.3. The van der Waals surface area contributed by atoms with Crippen molar-refractivity contribution in [3.63, 3.8) is 0 Å². The average molecular weight is 178 g/mol. The van der Waals surface area contributed by atoms with E-state index in [4.69, 9.17) is 5.73 Å². The van der Waals surface area contributed by atoms with Crippen molar-refractivity contribution in [2.75, 3.05) is 6.54 Å². The third kappa shape index (κ3) is 3.55. The van der Waals surface area contributed by atoms with Gasteiger partial charge < -0.3 is 5.73 Å². The van der Waals surface area contributed by atoms with Crippen LogP contribution in [-0.4, -0.2) is 11.5 Å². The van der Waals surface area contributed by atoms with E-state index < -0.39 is 0 Å². The number of aromatic nitrogens is 1. The minimum absolute atomic E-state index is 0.682. The Morgan fingerprint density at radius 2 is 2.15 bits per heavy atom. The molecular formula is C11H18N2. The zero-order valence-electron chi connectivity index (χ0n) is 8.29. The van der Waals surface area contributed by atoms with Crippen LogP contribution < -0.4 is 5.73 Å². The van der Waals surface area contributed by atoms with Crippen LogP contribution >= 0.6 is 0 Å². The number of pyridine rings is 1. The molecule has 2 nitrogen and oxygen atoms in total. The van der Waals surface area contributed by atoms with Crippen LogP contribution in [0.1, 0.15) is 31.0 Å². The summed E-state index contributed by atoms with van der Waals surface area (Å²) in [5.41, 5.74) is 7.87. The van der Waals surface area contributed by atoms with Gasteiger partial charge in [0, 0.05) is 18.3 Å². The minimum atomic E-state index is 0.682. The highest BCUT2D eigenvalue weighted by Crippen LogP contribution is 2.04. The minimum Gasteiger partial charge on any atom is -0.330 e. The largest absolute Gasteiger partial charge is 0.330 e. The molecule has 0 radical (unpaired) electrons. The van der Waals surface area contributed by atoms with E-state index in [0.717, 1.165) is 18.5 Å². The number of nitrogens with two attached hydrogens (primary N) is 1. The van der Waals surface area contributed by atoms with Crippen molar-refractivity contribution in [2.24, 2.45) is 5.73 Å². The summed E-state index contributed by atoms with van der Waals surface area (Å²) in [5.74, 6) is 0. The molecule has 1 aromatic heterocycles. The summed E-state index contributed by atoms with van der Waals surface area (Å²) >= 11 is 0. The summed E-state index contributed by atoms with van der Waals surface area (Å²) in [6.45, 7) is 2.89. The lowest BCUT2D eigenvalue weighted by atomic mass is 10.1. The maximum Gasteiger partial charge on any atom is 0.0416 e. The van der Waals surface area contributed by atoms with Crippen LogP contribution in [0.3, 0.4) is 0 Å². The number of hydrogen-bond donors (Lipinski definition) is 1. The van der Waals surface area contributed by atoms with Gasteiger partial charge in [0.1, 0.15) is 0 Å². The molecule has 0 atom stereocenters. The second-order valence-corrected chi connectivity index (χ2v) is 3.30. The van der Waals surface area contributed by atoms with Gasteiger partial charge >= 0.3 is 0 Å². The third-order valence-electron chi connectivity index (χ3n) is 2.11. The van der Waals surface area contributed by atoms with E-state index in [0.29, 0.717) is 6.54 Å². The Bertz CT molecular complexity index is 228. The fourth-order valence-electron chi connectivity index (χ4n) is 1.28. The topological polar surface area (TPSA) is 38.9 Å². The molecule has 1 heterocycles. The monoisotopic (exact) mass is 178 g/mol. The molecule has 0 bridgehead atoms. The first kappa shape index (κ1) is 10.2. The van der Waals surface area contributed by atoms with Gasteiger partial charge in [-0.2, -0.15) is 0 Å². The molecule has 0 amide bonds. The van der Waals surface area contributed by atoms with Crippen molar-refractivity contribution in [2.45, 2.75) is 32.6 Å². The zero-order valence-corrected chi connectivity index (χ0v) is 8.29. The fourth-order valence-corrected chi connectivity index (χ4v) is 1.28. The maximum atomic E-state index is 5.44. The van der Waals surface area contributed by atoms with Crippen molar-refractivity contribution in [1.29, 1.82) is 0 Å². The molecule has 0 aromatic carbocycles. The summed E-state index contributed by atoms with van der Waals surface area (Å²) in [6.07, 6.45) is 6.49. The summed E-state index contributed by atoms with van der Waals surface area (Å²) in [6, 6.07) is 4.24. The molecule has 0 aliphatic carbocycles. The first-order valence-electron chi connectivity index (χ1n) is 5.00. The number of aryl methyl sites for hydroxylation is 1. The van der Waals surface area contributed by atoms with Crippen LogP contribution in [0.15, 0.2) is 18.3 Å². The lowest BCUT2D eigenvalue weighted by molar-refractivity contribution is 0.789. The van der Waals surface area contributed by atoms with Gasteiger partial charge in [0.05, 0.1) is 0 Å². The Morgan fingerprint density at radius 3 is 2.69 bits per heavy atom. The second kappa shape index (κ2) is 5.70. The van der Waals surface area contributed by atoms with Gasteiger partial charge in [0.25, 0.3) is 0 Å². The molecule has 0 aliphatic heterocycles. The predicted molar refractivity (Wildman–Crippen MR) is 55.6 cm³/mol. The van der Waals surface area contributed by atoms with E-state index >= 15 is 0 Å². The molecule has 0 unspecified atom stereocenters. The lowest BCUT2D eigenvalue weighted by Crippen LogP contribution is -2.04. The average Bonchev–Trinajstić information content (AvgIpc) is 2.17. The maximum absolute atomic E-state index is 5.44. The van der Waals surface area contributed by atoms with Crippen molar-refractivity contribution in [3.8, 4) is 0 Å². The summed E-state index contributed by atoms with van der Waals surface area (Å²) in [5, 5.41) is 0. The molecule has 0 spiro atoms. The number of hydrogen-bond acceptors (Lipinski definition) is 2. The van der Waals surface area contributed by atoms with Crippen molar-refractivity contribution < 1.29 is 0 Å². The molecular weight excluding hydrogens is 160 g/mol. The van der Waals surface area contributed by atoms with Crippen molar-refractivity contribution in [1.82, 2.24) is 4.98 Å². The van der Waals surface area contributed by atoms with Gasteiger partial charge in [-0.1, -0.05) is 19.4 Å². The van der Waals surface area contributed by atoms with Crippen LogP contribution in [0, 0.1) is 0 Å². The molecule has 0 aliphatic rings. The van der Waals surface area contributed by atoms with Gasteiger partial charge in [-0.3, -0.25) is 4.98 Å². The first-order valence-corrected chi connectivity index (χ1v) is 5.00. The molecule has 13 heavy (non-hydrogen) atoms. The van der Waals surface area contributed by atoms with Crippen LogP contribution in [0.25, 0.3) is 0 Å². The second-order valence-electron chi connectivity index (χ2n) is 3.30. The van der Waals surface area contributed by atoms with E-state index in [1.54, 1.807) is 0 Å². The zero-order chi connectivity index (χ0) is 9.52. The van der Waals surface area contributed by atoms with Crippen LogP contribution in [0.5, 0.6) is 0 Å². The number of unbranched alkanes of at least 4 members (excludes halogenated alkanes) is 1. The molecule has 0 saturated heterocycles. The van der Waals surface area contributed by atoms with Gasteiger partial charge in [-0.05, 0) is 31.0 Å². The Balaban J connectivity index is 2.48. The molecule has 1 aromatic rings. The van der Waals surface area contributed by atoms with E-state index in [1.165, 1.54) is 18.4 Å². The van der Waals surface area contributed by atoms with E-state index in [1.807, 2.05) is 6.20 Å². The SMILES string of the molecule is CCCCc1ccc(CCN)nc1. The van der Waals surface area contributed by atoms with Gasteiger partial charge in [0.15, 0.2) is 0 Å². The highest BCUT2D eigenvalue weighted by atomic mass is 14.7.